The van der Waals surface area contributed by atoms with Gasteiger partial charge in [-0.2, -0.15) is 0 Å². The number of nitrogens with one attached hydrogen (secondary N) is 1. The summed E-state index contributed by atoms with van der Waals surface area (Å²) in [7, 11) is 1.75. The highest BCUT2D eigenvalue weighted by atomic mass is 16.5. The van der Waals surface area contributed by atoms with Gasteiger partial charge in [-0.15, -0.1) is 0 Å². The second kappa shape index (κ2) is 6.77. The first kappa shape index (κ1) is 12.6. The lowest BCUT2D eigenvalue weighted by molar-refractivity contribution is 0.185. The number of piperidine rings is 1. The Balaban J connectivity index is 1.83. The summed E-state index contributed by atoms with van der Waals surface area (Å²) in [6, 6.07) is 8.80. The van der Waals surface area contributed by atoms with Crippen molar-refractivity contribution in [1.29, 1.82) is 0 Å². The first-order valence-electron chi connectivity index (χ1n) is 6.66. The van der Waals surface area contributed by atoms with Crippen molar-refractivity contribution in [2.45, 2.75) is 32.3 Å². The minimum atomic E-state index is 0.723. The van der Waals surface area contributed by atoms with Crippen LogP contribution in [0.2, 0.25) is 0 Å². The van der Waals surface area contributed by atoms with Gasteiger partial charge in [-0.05, 0) is 55.8 Å². The summed E-state index contributed by atoms with van der Waals surface area (Å²) in [4.78, 5) is 0. The number of ether oxygens (including phenoxy) is 1. The molecule has 1 saturated heterocycles. The minimum absolute atomic E-state index is 0.723. The van der Waals surface area contributed by atoms with Crippen LogP contribution in [0.25, 0.3) is 0 Å². The lowest BCUT2D eigenvalue weighted by Crippen LogP contribution is -2.27. The Kier molecular flexibility index (Phi) is 5.02. The van der Waals surface area contributed by atoms with Crippen molar-refractivity contribution in [2.24, 2.45) is 5.92 Å². The van der Waals surface area contributed by atoms with Crippen LogP contribution in [0.3, 0.4) is 0 Å². The predicted octanol–water partition coefficient (Wildman–Crippen LogP) is 2.77. The maximum Gasteiger partial charge on any atom is 0.0713 e. The Hall–Kier alpha value is -0.860. The molecule has 0 bridgehead atoms. The fourth-order valence-electron chi connectivity index (χ4n) is 2.58. The van der Waals surface area contributed by atoms with E-state index in [4.69, 9.17) is 4.74 Å². The van der Waals surface area contributed by atoms with Crippen molar-refractivity contribution >= 4 is 0 Å². The van der Waals surface area contributed by atoms with Gasteiger partial charge in [0.1, 0.15) is 0 Å². The van der Waals surface area contributed by atoms with E-state index in [9.17, 15) is 0 Å². The van der Waals surface area contributed by atoms with Gasteiger partial charge < -0.3 is 10.1 Å². The zero-order chi connectivity index (χ0) is 11.9. The second-order valence-electron chi connectivity index (χ2n) is 4.99. The Morgan fingerprint density at radius 2 is 2.00 bits per heavy atom. The van der Waals surface area contributed by atoms with Gasteiger partial charge in [-0.3, -0.25) is 0 Å². The molecule has 0 spiro atoms. The highest BCUT2D eigenvalue weighted by Gasteiger charge is 2.12. The first-order chi connectivity index (χ1) is 8.38. The van der Waals surface area contributed by atoms with Crippen LogP contribution in [0, 0.1) is 5.92 Å². The molecule has 0 aromatic heterocycles. The highest BCUT2D eigenvalue weighted by molar-refractivity contribution is 5.23. The van der Waals surface area contributed by atoms with E-state index in [1.165, 1.54) is 49.9 Å². The summed E-state index contributed by atoms with van der Waals surface area (Å²) in [6.07, 6.45) is 5.23. The number of hydrogen-bond acceptors (Lipinski definition) is 2. The molecule has 2 nitrogen and oxygen atoms in total. The van der Waals surface area contributed by atoms with E-state index >= 15 is 0 Å². The van der Waals surface area contributed by atoms with Crippen LogP contribution in [-0.2, 0) is 17.8 Å². The molecule has 1 fully saturated rings. The molecule has 1 aliphatic heterocycles. The quantitative estimate of drug-likeness (QED) is 0.844. The lowest BCUT2D eigenvalue weighted by Gasteiger charge is -2.22. The lowest BCUT2D eigenvalue weighted by atomic mass is 9.91. The molecule has 1 heterocycles. The molecular formula is C15H23NO. The third kappa shape index (κ3) is 4.14. The van der Waals surface area contributed by atoms with Crippen molar-refractivity contribution in [3.05, 3.63) is 35.4 Å². The smallest absolute Gasteiger partial charge is 0.0713 e. The van der Waals surface area contributed by atoms with Crippen LogP contribution in [0.5, 0.6) is 0 Å². The van der Waals surface area contributed by atoms with Gasteiger partial charge in [0.25, 0.3) is 0 Å². The molecule has 0 amide bonds. The number of hydrogen-bond donors (Lipinski definition) is 1. The Morgan fingerprint density at radius 3 is 2.76 bits per heavy atom. The summed E-state index contributed by atoms with van der Waals surface area (Å²) in [5.74, 6) is 0.919. The van der Waals surface area contributed by atoms with Gasteiger partial charge in [0.05, 0.1) is 6.61 Å². The molecule has 2 heteroatoms. The molecule has 17 heavy (non-hydrogen) atoms. The van der Waals surface area contributed by atoms with E-state index in [2.05, 4.69) is 29.6 Å². The van der Waals surface area contributed by atoms with Crippen LogP contribution >= 0.6 is 0 Å². The summed E-state index contributed by atoms with van der Waals surface area (Å²) < 4.78 is 5.17. The number of aryl methyl sites for hydroxylation is 1. The Morgan fingerprint density at radius 1 is 1.24 bits per heavy atom. The summed E-state index contributed by atoms with van der Waals surface area (Å²) in [6.45, 7) is 3.13. The van der Waals surface area contributed by atoms with Gasteiger partial charge in [-0.1, -0.05) is 24.3 Å². The Labute approximate surface area is 104 Å². The minimum Gasteiger partial charge on any atom is -0.380 e. The largest absolute Gasteiger partial charge is 0.380 e. The topological polar surface area (TPSA) is 21.3 Å². The monoisotopic (exact) mass is 233 g/mol. The third-order valence-corrected chi connectivity index (χ3v) is 3.60. The zero-order valence-electron chi connectivity index (χ0n) is 10.7. The maximum absolute atomic E-state index is 5.17. The standard InChI is InChI=1S/C15H23NO/c1-17-12-15-4-2-3-14(11-15)6-5-13-7-9-16-10-8-13/h2-4,11,13,16H,5-10,12H2,1H3. The van der Waals surface area contributed by atoms with Crippen LogP contribution in [0.1, 0.15) is 30.4 Å². The molecular weight excluding hydrogens is 210 g/mol. The van der Waals surface area contributed by atoms with Crippen LogP contribution < -0.4 is 5.32 Å². The average molecular weight is 233 g/mol. The number of benzene rings is 1. The molecule has 94 valence electrons. The van der Waals surface area contributed by atoms with Crippen molar-refractivity contribution in [2.75, 3.05) is 20.2 Å². The van der Waals surface area contributed by atoms with E-state index in [0.29, 0.717) is 0 Å². The molecule has 2 rings (SSSR count). The second-order valence-corrected chi connectivity index (χ2v) is 4.99. The van der Waals surface area contributed by atoms with Gasteiger partial charge in [0, 0.05) is 7.11 Å². The van der Waals surface area contributed by atoms with E-state index in [1.54, 1.807) is 7.11 Å². The molecule has 0 atom stereocenters. The molecule has 1 N–H and O–H groups in total. The van der Waals surface area contributed by atoms with Crippen LogP contribution in [0.15, 0.2) is 24.3 Å². The normalized spacial score (nSPS) is 17.2. The van der Waals surface area contributed by atoms with E-state index < -0.39 is 0 Å². The molecule has 1 aromatic carbocycles. The van der Waals surface area contributed by atoms with E-state index in [-0.39, 0.29) is 0 Å². The predicted molar refractivity (Wildman–Crippen MR) is 71.1 cm³/mol. The number of rotatable bonds is 5. The first-order valence-corrected chi connectivity index (χ1v) is 6.66. The summed E-state index contributed by atoms with van der Waals surface area (Å²) in [5.41, 5.74) is 2.74. The van der Waals surface area contributed by atoms with Crippen LogP contribution in [-0.4, -0.2) is 20.2 Å². The van der Waals surface area contributed by atoms with Crippen molar-refractivity contribution < 1.29 is 4.74 Å². The third-order valence-electron chi connectivity index (χ3n) is 3.60. The van der Waals surface area contributed by atoms with Crippen molar-refractivity contribution in [1.82, 2.24) is 5.32 Å². The fourth-order valence-corrected chi connectivity index (χ4v) is 2.58. The Bertz CT molecular complexity index is 331. The molecule has 0 aliphatic carbocycles. The molecule has 0 radical (unpaired) electrons. The van der Waals surface area contributed by atoms with Crippen molar-refractivity contribution in [3.63, 3.8) is 0 Å². The van der Waals surface area contributed by atoms with E-state index in [0.717, 1.165) is 12.5 Å². The van der Waals surface area contributed by atoms with E-state index in [1.807, 2.05) is 0 Å². The summed E-state index contributed by atoms with van der Waals surface area (Å²) in [5, 5.41) is 3.42. The van der Waals surface area contributed by atoms with Crippen LogP contribution in [0.4, 0.5) is 0 Å². The summed E-state index contributed by atoms with van der Waals surface area (Å²) >= 11 is 0. The van der Waals surface area contributed by atoms with Gasteiger partial charge in [0.15, 0.2) is 0 Å². The highest BCUT2D eigenvalue weighted by Crippen LogP contribution is 2.19. The maximum atomic E-state index is 5.17. The molecule has 1 aliphatic rings. The molecule has 1 aromatic rings. The number of methoxy groups -OCH3 is 1. The SMILES string of the molecule is COCc1cccc(CCC2CCNCC2)c1. The van der Waals surface area contributed by atoms with Gasteiger partial charge in [0.2, 0.25) is 0 Å². The molecule has 0 unspecified atom stereocenters. The van der Waals surface area contributed by atoms with Gasteiger partial charge in [-0.25, -0.2) is 0 Å². The fraction of sp³-hybridized carbons (Fsp3) is 0.600. The molecule has 0 saturated carbocycles. The van der Waals surface area contributed by atoms with Gasteiger partial charge >= 0.3 is 0 Å². The average Bonchev–Trinajstić information content (AvgIpc) is 2.39. The van der Waals surface area contributed by atoms with Crippen molar-refractivity contribution in [3.8, 4) is 0 Å². The zero-order valence-corrected chi connectivity index (χ0v) is 10.7.